The second-order valence-corrected chi connectivity index (χ2v) is 16.1. The molecule has 2 aromatic carbocycles. The van der Waals surface area contributed by atoms with Crippen LogP contribution < -0.4 is 15.4 Å². The van der Waals surface area contributed by atoms with Crippen LogP contribution >= 0.6 is 23.4 Å². The molecule has 1 aromatic heterocycles. The molecule has 46 heavy (non-hydrogen) atoms. The Morgan fingerprint density at radius 1 is 1.15 bits per heavy atom. The minimum absolute atomic E-state index is 0.0643. The molecule has 0 saturated carbocycles. The van der Waals surface area contributed by atoms with Crippen molar-refractivity contribution in [2.75, 3.05) is 26.7 Å². The number of aromatic nitrogens is 1. The quantitative estimate of drug-likeness (QED) is 0.111. The van der Waals surface area contributed by atoms with E-state index in [9.17, 15) is 14.9 Å². The molecule has 2 N–H and O–H groups in total. The van der Waals surface area contributed by atoms with Crippen molar-refractivity contribution in [1.29, 1.82) is 0 Å². The monoisotopic (exact) mass is 669 g/mol. The van der Waals surface area contributed by atoms with Crippen molar-refractivity contribution < 1.29 is 14.5 Å². The Kier molecular flexibility index (Phi) is 11.6. The first-order valence-corrected chi connectivity index (χ1v) is 17.1. The number of thioether (sulfide) groups is 1. The van der Waals surface area contributed by atoms with Gasteiger partial charge in [0.25, 0.3) is 6.20 Å². The lowest BCUT2D eigenvalue weighted by atomic mass is 9.87. The number of benzene rings is 2. The van der Waals surface area contributed by atoms with Gasteiger partial charge in [-0.1, -0.05) is 58.4 Å². The van der Waals surface area contributed by atoms with E-state index < -0.39 is 4.92 Å². The van der Waals surface area contributed by atoms with E-state index in [1.807, 2.05) is 34.9 Å². The number of nitro groups is 1. The highest BCUT2D eigenvalue weighted by atomic mass is 35.5. The lowest BCUT2D eigenvalue weighted by molar-refractivity contribution is -0.404. The van der Waals surface area contributed by atoms with Gasteiger partial charge in [-0.15, -0.1) is 11.8 Å². The van der Waals surface area contributed by atoms with Crippen molar-refractivity contribution in [3.05, 3.63) is 80.9 Å². The fraction of sp³-hybridized carbons (Fsp3) is 0.514. The van der Waals surface area contributed by atoms with Crippen molar-refractivity contribution in [3.8, 4) is 5.75 Å². The Balaban J connectivity index is 1.76. The molecule has 9 nitrogen and oxygen atoms in total. The zero-order chi connectivity index (χ0) is 33.6. The number of fused-ring (bicyclic) bond motifs is 1. The number of nitrogens with one attached hydrogen (secondary N) is 2. The summed E-state index contributed by atoms with van der Waals surface area (Å²) in [6.07, 6.45) is 4.76. The molecule has 1 unspecified atom stereocenters. The molecule has 1 aliphatic heterocycles. The summed E-state index contributed by atoms with van der Waals surface area (Å²) in [5.74, 6) is 1.26. The first-order valence-electron chi connectivity index (χ1n) is 15.9. The number of carbonyl (C=O) groups is 1. The summed E-state index contributed by atoms with van der Waals surface area (Å²) in [7, 11) is 1.67. The summed E-state index contributed by atoms with van der Waals surface area (Å²) in [4.78, 5) is 26.1. The van der Waals surface area contributed by atoms with Gasteiger partial charge in [-0.3, -0.25) is 14.9 Å². The van der Waals surface area contributed by atoms with Gasteiger partial charge in [0, 0.05) is 64.9 Å². The number of piperidine rings is 1. The average Bonchev–Trinajstić information content (AvgIpc) is 3.24. The number of nitrogens with zero attached hydrogens (tertiary/aromatic N) is 3. The van der Waals surface area contributed by atoms with E-state index in [1.165, 1.54) is 10.6 Å². The van der Waals surface area contributed by atoms with Crippen molar-refractivity contribution >= 4 is 40.2 Å². The molecule has 250 valence electrons. The Bertz CT molecular complexity index is 1560. The van der Waals surface area contributed by atoms with Gasteiger partial charge in [-0.05, 0) is 67.0 Å². The number of hydrogen-bond donors (Lipinski definition) is 2. The summed E-state index contributed by atoms with van der Waals surface area (Å²) in [5, 5.41) is 19.1. The highest BCUT2D eigenvalue weighted by molar-refractivity contribution is 8.00. The number of hydrogen-bond acceptors (Lipinski definition) is 7. The Morgan fingerprint density at radius 2 is 1.87 bits per heavy atom. The predicted molar refractivity (Wildman–Crippen MR) is 188 cm³/mol. The molecule has 11 heteroatoms. The van der Waals surface area contributed by atoms with Gasteiger partial charge in [-0.2, -0.15) is 0 Å². The van der Waals surface area contributed by atoms with Crippen LogP contribution in [-0.4, -0.2) is 57.8 Å². The van der Waals surface area contributed by atoms with Gasteiger partial charge in [0.15, 0.2) is 5.82 Å². The molecular formula is C35H48ClN5O4S. The van der Waals surface area contributed by atoms with Gasteiger partial charge >= 0.3 is 0 Å². The number of likely N-dealkylation sites (tertiary alicyclic amines) is 1. The summed E-state index contributed by atoms with van der Waals surface area (Å²) in [6, 6.07) is 14.4. The predicted octanol–water partition coefficient (Wildman–Crippen LogP) is 7.47. The van der Waals surface area contributed by atoms with E-state index in [4.69, 9.17) is 16.3 Å². The number of ether oxygens (including phenoxy) is 1. The number of rotatable bonds is 13. The lowest BCUT2D eigenvalue weighted by Crippen LogP contribution is -2.45. The summed E-state index contributed by atoms with van der Waals surface area (Å²) in [6.45, 7) is 15.1. The summed E-state index contributed by atoms with van der Waals surface area (Å²) >= 11 is 8.08. The van der Waals surface area contributed by atoms with Crippen LogP contribution in [0.1, 0.15) is 72.1 Å². The topological polar surface area (TPSA) is 102 Å². The maximum Gasteiger partial charge on any atom is 0.274 e. The van der Waals surface area contributed by atoms with E-state index in [-0.39, 0.29) is 22.1 Å². The van der Waals surface area contributed by atoms with Crippen molar-refractivity contribution in [1.82, 2.24) is 20.1 Å². The minimum Gasteiger partial charge on any atom is -0.491 e. The second-order valence-electron chi connectivity index (χ2n) is 13.8. The number of carbonyl (C=O) groups excluding carboxylic acids is 1. The van der Waals surface area contributed by atoms with Crippen LogP contribution in [-0.2, 0) is 17.8 Å². The van der Waals surface area contributed by atoms with Crippen molar-refractivity contribution in [3.63, 3.8) is 0 Å². The van der Waals surface area contributed by atoms with Gasteiger partial charge in [0.1, 0.15) is 12.4 Å². The smallest absolute Gasteiger partial charge is 0.274 e. The number of halogens is 1. The molecule has 1 amide bonds. The van der Waals surface area contributed by atoms with E-state index in [0.717, 1.165) is 60.6 Å². The summed E-state index contributed by atoms with van der Waals surface area (Å²) < 4.78 is 8.73. The van der Waals surface area contributed by atoms with Crippen LogP contribution in [0.3, 0.4) is 0 Å². The molecule has 0 aliphatic carbocycles. The third-order valence-electron chi connectivity index (χ3n) is 8.13. The first-order chi connectivity index (χ1) is 21.7. The zero-order valence-electron chi connectivity index (χ0n) is 28.1. The fourth-order valence-electron chi connectivity index (χ4n) is 5.93. The maximum atomic E-state index is 12.3. The van der Waals surface area contributed by atoms with E-state index in [2.05, 4.69) is 74.1 Å². The molecule has 4 rings (SSSR count). The molecule has 1 aliphatic rings. The standard InChI is InChI=1S/C35H48ClN5O4S/c1-24(42)39-17-9-8-10-27(39)22-45-28-15-16-30-29(18-28)33(46-34(2,3)4)31(40(30)20-25-11-13-26(36)14-12-25)19-35(5,6)23-38-32(37-7)21-41(43)44/h11-16,18,21,27,37-38H,8-10,17,19-20,22-23H2,1-7H3/b32-21+. The van der Waals surface area contributed by atoms with Gasteiger partial charge < -0.3 is 24.8 Å². The lowest BCUT2D eigenvalue weighted by Gasteiger charge is -2.34. The van der Waals surface area contributed by atoms with E-state index in [1.54, 1.807) is 14.0 Å². The van der Waals surface area contributed by atoms with Gasteiger partial charge in [0.05, 0.1) is 11.0 Å². The Hall–Kier alpha value is -3.37. The SMILES string of the molecule is CN/C(=C\[N+](=O)[O-])NCC(C)(C)Cc1c(SC(C)(C)C)c2cc(OCC3CCCCN3C(C)=O)ccc2n1Cc1ccc(Cl)cc1. The Labute approximate surface area is 282 Å². The highest BCUT2D eigenvalue weighted by Crippen LogP contribution is 2.44. The number of amides is 1. The molecule has 2 heterocycles. The minimum atomic E-state index is -0.459. The fourth-order valence-corrected chi connectivity index (χ4v) is 7.24. The average molecular weight is 670 g/mol. The molecule has 1 saturated heterocycles. The maximum absolute atomic E-state index is 12.3. The second kappa shape index (κ2) is 15.0. The molecule has 0 radical (unpaired) electrons. The Morgan fingerprint density at radius 3 is 2.50 bits per heavy atom. The molecule has 1 atom stereocenters. The van der Waals surface area contributed by atoms with Crippen molar-refractivity contribution in [2.24, 2.45) is 5.41 Å². The molecule has 3 aromatic rings. The molecule has 0 bridgehead atoms. The summed E-state index contributed by atoms with van der Waals surface area (Å²) in [5.41, 5.74) is 3.19. The third-order valence-corrected chi connectivity index (χ3v) is 9.66. The normalized spacial score (nSPS) is 16.0. The molecule has 0 spiro atoms. The van der Waals surface area contributed by atoms with E-state index >= 15 is 0 Å². The van der Waals surface area contributed by atoms with Crippen molar-refractivity contribution in [2.45, 2.75) is 89.5 Å². The van der Waals surface area contributed by atoms with Gasteiger partial charge in [0.2, 0.25) is 5.91 Å². The first kappa shape index (κ1) is 35.5. The largest absolute Gasteiger partial charge is 0.491 e. The van der Waals surface area contributed by atoms with Crippen LogP contribution in [0, 0.1) is 15.5 Å². The molecule has 1 fully saturated rings. The zero-order valence-corrected chi connectivity index (χ0v) is 29.7. The molecular weight excluding hydrogens is 622 g/mol. The third kappa shape index (κ3) is 9.58. The van der Waals surface area contributed by atoms with Crippen LogP contribution in [0.5, 0.6) is 5.75 Å². The van der Waals surface area contributed by atoms with Crippen LogP contribution in [0.15, 0.2) is 59.4 Å². The highest BCUT2D eigenvalue weighted by Gasteiger charge is 2.29. The van der Waals surface area contributed by atoms with E-state index in [0.29, 0.717) is 30.5 Å². The van der Waals surface area contributed by atoms with Crippen LogP contribution in [0.25, 0.3) is 10.9 Å². The van der Waals surface area contributed by atoms with Gasteiger partial charge in [-0.25, -0.2) is 0 Å². The van der Waals surface area contributed by atoms with Crippen LogP contribution in [0.2, 0.25) is 5.02 Å². The van der Waals surface area contributed by atoms with Crippen LogP contribution in [0.4, 0.5) is 0 Å².